The van der Waals surface area contributed by atoms with Crippen molar-refractivity contribution in [3.63, 3.8) is 0 Å². The number of azo groups is 1. The Hall–Kier alpha value is -5.18. The van der Waals surface area contributed by atoms with Crippen LogP contribution in [0.2, 0.25) is 0 Å². The smallest absolute Gasteiger partial charge is 0.343 e. The molecule has 0 aromatic heterocycles. The second-order valence-electron chi connectivity index (χ2n) is 15.1. The van der Waals surface area contributed by atoms with E-state index in [4.69, 9.17) is 18.9 Å². The van der Waals surface area contributed by atoms with Crippen molar-refractivity contribution in [1.29, 1.82) is 0 Å². The summed E-state index contributed by atoms with van der Waals surface area (Å²) >= 11 is 0. The Morgan fingerprint density at radius 3 is 1.68 bits per heavy atom. The molecule has 0 atom stereocenters. The molecule has 0 spiro atoms. The average Bonchev–Trinajstić information content (AvgIpc) is 3.25. The Morgan fingerprint density at radius 2 is 1.05 bits per heavy atom. The number of nitrogens with zero attached hydrogens (tertiary/aromatic N) is 3. The fourth-order valence-electron chi connectivity index (χ4n) is 6.34. The first kappa shape index (κ1) is 46.5. The van der Waals surface area contributed by atoms with Crippen molar-refractivity contribution < 1.29 is 28.8 Å². The molecular formula is C50H67N3O6. The van der Waals surface area contributed by atoms with Crippen LogP contribution in [0.25, 0.3) is 0 Å². The van der Waals surface area contributed by atoms with Gasteiger partial charge < -0.3 is 24.1 Å². The van der Waals surface area contributed by atoms with Crippen molar-refractivity contribution >= 4 is 29.2 Å². The molecule has 0 saturated heterocycles. The maximum atomic E-state index is 13.1. The van der Waals surface area contributed by atoms with Gasteiger partial charge in [0.05, 0.1) is 36.8 Å². The molecule has 0 radical (unpaired) electrons. The average molecular weight is 806 g/mol. The van der Waals surface area contributed by atoms with Gasteiger partial charge in [0.15, 0.2) is 5.75 Å². The van der Waals surface area contributed by atoms with Crippen molar-refractivity contribution in [3.8, 4) is 28.7 Å². The lowest BCUT2D eigenvalue weighted by atomic mass is 10.0. The van der Waals surface area contributed by atoms with Gasteiger partial charge in [0, 0.05) is 23.9 Å². The van der Waals surface area contributed by atoms with Crippen LogP contribution in [0.4, 0.5) is 17.1 Å². The van der Waals surface area contributed by atoms with Gasteiger partial charge in [0.2, 0.25) is 0 Å². The number of benzene rings is 4. The van der Waals surface area contributed by atoms with Crippen molar-refractivity contribution in [1.82, 2.24) is 0 Å². The third kappa shape index (κ3) is 18.5. The molecule has 0 aliphatic carbocycles. The van der Waals surface area contributed by atoms with E-state index < -0.39 is 5.97 Å². The van der Waals surface area contributed by atoms with Crippen LogP contribution in [0, 0.1) is 0 Å². The van der Waals surface area contributed by atoms with E-state index in [0.29, 0.717) is 65.3 Å². The van der Waals surface area contributed by atoms with Gasteiger partial charge in [-0.15, -0.1) is 5.11 Å². The van der Waals surface area contributed by atoms with E-state index in [2.05, 4.69) is 36.0 Å². The number of carbonyl (C=O) groups excluding carboxylic acids is 1. The number of aromatic hydroxyl groups is 1. The van der Waals surface area contributed by atoms with Crippen LogP contribution in [0.15, 0.2) is 100 Å². The van der Waals surface area contributed by atoms with Crippen molar-refractivity contribution in [2.24, 2.45) is 15.2 Å². The molecule has 4 aromatic rings. The molecule has 0 fully saturated rings. The number of phenolic OH excluding ortho intramolecular Hbond substituents is 1. The first-order chi connectivity index (χ1) is 29.0. The lowest BCUT2D eigenvalue weighted by Gasteiger charge is -2.11. The largest absolute Gasteiger partial charge is 0.507 e. The Balaban J connectivity index is 1.20. The summed E-state index contributed by atoms with van der Waals surface area (Å²) in [6.07, 6.45) is 24.0. The molecule has 0 aliphatic heterocycles. The van der Waals surface area contributed by atoms with Crippen molar-refractivity contribution in [2.75, 3.05) is 19.8 Å². The van der Waals surface area contributed by atoms with E-state index in [1.54, 1.807) is 48.7 Å². The molecule has 0 unspecified atom stereocenters. The number of hydrogen-bond acceptors (Lipinski definition) is 9. The van der Waals surface area contributed by atoms with Gasteiger partial charge in [0.25, 0.3) is 0 Å². The number of phenols is 1. The van der Waals surface area contributed by atoms with Gasteiger partial charge in [-0.05, 0) is 92.1 Å². The zero-order chi connectivity index (χ0) is 41.8. The second kappa shape index (κ2) is 28.3. The highest BCUT2D eigenvalue weighted by molar-refractivity contribution is 5.91. The molecule has 318 valence electrons. The fourth-order valence-corrected chi connectivity index (χ4v) is 6.34. The summed E-state index contributed by atoms with van der Waals surface area (Å²) in [5.74, 6) is 1.84. The summed E-state index contributed by atoms with van der Waals surface area (Å²) in [5.41, 5.74) is 2.86. The summed E-state index contributed by atoms with van der Waals surface area (Å²) in [7, 11) is 0. The fraction of sp³-hybridized carbons (Fsp3) is 0.480. The third-order valence-electron chi connectivity index (χ3n) is 10.00. The molecule has 0 heterocycles. The monoisotopic (exact) mass is 806 g/mol. The van der Waals surface area contributed by atoms with Crippen LogP contribution in [-0.4, -0.2) is 37.1 Å². The van der Waals surface area contributed by atoms with Gasteiger partial charge in [-0.2, -0.15) is 5.11 Å². The molecule has 1 N–H and O–H groups in total. The van der Waals surface area contributed by atoms with Gasteiger partial charge in [-0.1, -0.05) is 117 Å². The Morgan fingerprint density at radius 1 is 0.525 bits per heavy atom. The summed E-state index contributed by atoms with van der Waals surface area (Å²) < 4.78 is 23.4. The minimum atomic E-state index is -0.469. The van der Waals surface area contributed by atoms with Crippen LogP contribution in [-0.2, 0) is 0 Å². The summed E-state index contributed by atoms with van der Waals surface area (Å²) in [4.78, 5) is 17.5. The second-order valence-corrected chi connectivity index (χ2v) is 15.1. The standard InChI is InChI=1S/C50H67N3O6/c1-4-7-10-11-12-13-14-15-16-17-18-19-20-21-36-56-44-29-22-40(23-30-44)50(55)59-46-32-33-47(49(38-46)58-35-9-6-3)53-52-43-27-25-42(26-28-43)51-39-41-24-31-45(37-48(41)54)57-34-8-5-2/h22-33,37-39,54H,4-21,34-36H2,1-3H3. The number of ether oxygens (including phenoxy) is 4. The Labute approximate surface area is 353 Å². The number of carbonyl (C=O) groups is 1. The first-order valence-electron chi connectivity index (χ1n) is 22.2. The lowest BCUT2D eigenvalue weighted by Crippen LogP contribution is -2.08. The SMILES string of the molecule is CCCCCCCCCCCCCCCCOc1ccc(C(=O)Oc2ccc(N=Nc3ccc(N=Cc4ccc(OCCCC)cc4O)cc3)c(OCCCC)c2)cc1. The molecule has 0 bridgehead atoms. The van der Waals surface area contributed by atoms with E-state index in [-0.39, 0.29) is 5.75 Å². The molecule has 4 rings (SSSR count). The van der Waals surface area contributed by atoms with Gasteiger partial charge in [0.1, 0.15) is 28.7 Å². The van der Waals surface area contributed by atoms with Crippen LogP contribution >= 0.6 is 0 Å². The molecule has 0 aliphatic rings. The zero-order valence-corrected chi connectivity index (χ0v) is 35.8. The lowest BCUT2D eigenvalue weighted by molar-refractivity contribution is 0.0734. The number of hydrogen-bond donors (Lipinski definition) is 1. The summed E-state index contributed by atoms with van der Waals surface area (Å²) in [5, 5.41) is 19.3. The van der Waals surface area contributed by atoms with Crippen LogP contribution in [0.3, 0.4) is 0 Å². The van der Waals surface area contributed by atoms with Crippen LogP contribution < -0.4 is 18.9 Å². The van der Waals surface area contributed by atoms with Crippen molar-refractivity contribution in [2.45, 2.75) is 136 Å². The van der Waals surface area contributed by atoms with Gasteiger partial charge in [-0.3, -0.25) is 4.99 Å². The van der Waals surface area contributed by atoms with E-state index in [0.717, 1.165) is 37.9 Å². The van der Waals surface area contributed by atoms with Gasteiger partial charge >= 0.3 is 5.97 Å². The summed E-state index contributed by atoms with van der Waals surface area (Å²) in [6.45, 7) is 8.25. The first-order valence-corrected chi connectivity index (χ1v) is 22.2. The normalized spacial score (nSPS) is 11.4. The van der Waals surface area contributed by atoms with Gasteiger partial charge in [-0.25, -0.2) is 4.79 Å². The minimum absolute atomic E-state index is 0.107. The molecule has 4 aromatic carbocycles. The molecule has 0 amide bonds. The summed E-state index contributed by atoms with van der Waals surface area (Å²) in [6, 6.07) is 24.7. The molecule has 0 saturated carbocycles. The Kier molecular flexibility index (Phi) is 22.3. The number of esters is 1. The molecular weight excluding hydrogens is 739 g/mol. The predicted octanol–water partition coefficient (Wildman–Crippen LogP) is 15.0. The predicted molar refractivity (Wildman–Crippen MR) is 240 cm³/mol. The topological polar surface area (TPSA) is 111 Å². The maximum Gasteiger partial charge on any atom is 0.343 e. The highest BCUT2D eigenvalue weighted by Crippen LogP contribution is 2.34. The zero-order valence-electron chi connectivity index (χ0n) is 35.8. The van der Waals surface area contributed by atoms with E-state index in [9.17, 15) is 9.90 Å². The number of unbranched alkanes of at least 4 members (excludes halogenated alkanes) is 15. The van der Waals surface area contributed by atoms with E-state index in [1.165, 1.54) is 83.5 Å². The quantitative estimate of drug-likeness (QED) is 0.0185. The van der Waals surface area contributed by atoms with E-state index >= 15 is 0 Å². The Bertz CT molecular complexity index is 1820. The van der Waals surface area contributed by atoms with Crippen molar-refractivity contribution in [3.05, 3.63) is 96.1 Å². The van der Waals surface area contributed by atoms with Crippen LogP contribution in [0.5, 0.6) is 28.7 Å². The minimum Gasteiger partial charge on any atom is -0.507 e. The highest BCUT2D eigenvalue weighted by atomic mass is 16.5. The molecule has 59 heavy (non-hydrogen) atoms. The number of rotatable bonds is 30. The highest BCUT2D eigenvalue weighted by Gasteiger charge is 2.13. The maximum absolute atomic E-state index is 13.1. The molecule has 9 nitrogen and oxygen atoms in total. The number of aliphatic imine (C=N–C) groups is 1. The van der Waals surface area contributed by atoms with Crippen LogP contribution in [0.1, 0.15) is 152 Å². The third-order valence-corrected chi connectivity index (χ3v) is 10.00. The van der Waals surface area contributed by atoms with E-state index in [1.807, 2.05) is 42.5 Å². The molecule has 9 heteroatoms.